The van der Waals surface area contributed by atoms with Gasteiger partial charge in [-0.2, -0.15) is 0 Å². The molecule has 106 valence electrons. The lowest BCUT2D eigenvalue weighted by atomic mass is 10.1. The SMILES string of the molecule is CC(C)(C)NCc1cccnc1Oc1ccccc1Cl. The molecule has 1 heterocycles. The molecule has 0 bridgehead atoms. The Morgan fingerprint density at radius 2 is 1.90 bits per heavy atom. The van der Waals surface area contributed by atoms with Crippen molar-refractivity contribution in [2.45, 2.75) is 32.9 Å². The lowest BCUT2D eigenvalue weighted by Gasteiger charge is -2.21. The van der Waals surface area contributed by atoms with Gasteiger partial charge in [-0.25, -0.2) is 4.98 Å². The molecule has 2 aromatic rings. The predicted octanol–water partition coefficient (Wildman–Crippen LogP) is 4.42. The number of halogens is 1. The fourth-order valence-corrected chi connectivity index (χ4v) is 1.82. The molecule has 1 aromatic heterocycles. The molecular weight excluding hydrogens is 272 g/mol. The Labute approximate surface area is 124 Å². The quantitative estimate of drug-likeness (QED) is 0.905. The third kappa shape index (κ3) is 4.22. The highest BCUT2D eigenvalue weighted by molar-refractivity contribution is 6.32. The minimum Gasteiger partial charge on any atom is -0.437 e. The van der Waals surface area contributed by atoms with Gasteiger partial charge in [0.05, 0.1) is 5.02 Å². The van der Waals surface area contributed by atoms with Crippen LogP contribution in [-0.4, -0.2) is 10.5 Å². The number of pyridine rings is 1. The summed E-state index contributed by atoms with van der Waals surface area (Å²) in [6.45, 7) is 7.06. The van der Waals surface area contributed by atoms with Gasteiger partial charge in [-0.3, -0.25) is 0 Å². The number of aromatic nitrogens is 1. The van der Waals surface area contributed by atoms with Crippen LogP contribution in [0.2, 0.25) is 5.02 Å². The summed E-state index contributed by atoms with van der Waals surface area (Å²) in [6.07, 6.45) is 1.72. The van der Waals surface area contributed by atoms with Gasteiger partial charge in [0.1, 0.15) is 5.75 Å². The van der Waals surface area contributed by atoms with Crippen LogP contribution in [0.15, 0.2) is 42.6 Å². The summed E-state index contributed by atoms with van der Waals surface area (Å²) in [4.78, 5) is 4.29. The Hall–Kier alpha value is -1.58. The van der Waals surface area contributed by atoms with Gasteiger partial charge < -0.3 is 10.1 Å². The molecule has 0 aliphatic carbocycles. The smallest absolute Gasteiger partial charge is 0.223 e. The van der Waals surface area contributed by atoms with Crippen molar-refractivity contribution in [1.29, 1.82) is 0 Å². The van der Waals surface area contributed by atoms with Crippen LogP contribution in [0.4, 0.5) is 0 Å². The van der Waals surface area contributed by atoms with E-state index in [2.05, 4.69) is 31.1 Å². The largest absolute Gasteiger partial charge is 0.437 e. The Kier molecular flexibility index (Phi) is 4.63. The highest BCUT2D eigenvalue weighted by atomic mass is 35.5. The van der Waals surface area contributed by atoms with Crippen molar-refractivity contribution in [2.75, 3.05) is 0 Å². The van der Waals surface area contributed by atoms with Crippen LogP contribution in [0.25, 0.3) is 0 Å². The van der Waals surface area contributed by atoms with Crippen molar-refractivity contribution >= 4 is 11.6 Å². The minimum atomic E-state index is 0.0392. The lowest BCUT2D eigenvalue weighted by molar-refractivity contribution is 0.409. The first-order valence-corrected chi connectivity index (χ1v) is 6.95. The van der Waals surface area contributed by atoms with Gasteiger partial charge in [-0.05, 0) is 39.0 Å². The standard InChI is InChI=1S/C16H19ClN2O/c1-16(2,3)19-11-12-7-6-10-18-15(12)20-14-9-5-4-8-13(14)17/h4-10,19H,11H2,1-3H3. The average molecular weight is 291 g/mol. The molecule has 0 radical (unpaired) electrons. The van der Waals surface area contributed by atoms with E-state index in [1.54, 1.807) is 12.3 Å². The fraction of sp³-hybridized carbons (Fsp3) is 0.312. The zero-order valence-corrected chi connectivity index (χ0v) is 12.7. The molecule has 0 aliphatic rings. The molecule has 20 heavy (non-hydrogen) atoms. The van der Waals surface area contributed by atoms with E-state index in [0.717, 1.165) is 5.56 Å². The molecule has 4 heteroatoms. The van der Waals surface area contributed by atoms with Crippen LogP contribution in [0, 0.1) is 0 Å². The summed E-state index contributed by atoms with van der Waals surface area (Å²) in [5.41, 5.74) is 1.04. The molecule has 2 rings (SSSR count). The number of nitrogens with zero attached hydrogens (tertiary/aromatic N) is 1. The molecule has 0 atom stereocenters. The van der Waals surface area contributed by atoms with Crippen LogP contribution in [0.1, 0.15) is 26.3 Å². The molecule has 0 saturated heterocycles. The summed E-state index contributed by atoms with van der Waals surface area (Å²) in [6, 6.07) is 11.3. The molecule has 0 aliphatic heterocycles. The summed E-state index contributed by atoms with van der Waals surface area (Å²) in [5, 5.41) is 4.00. The van der Waals surface area contributed by atoms with E-state index < -0.39 is 0 Å². The van der Waals surface area contributed by atoms with Crippen LogP contribution in [0.3, 0.4) is 0 Å². The van der Waals surface area contributed by atoms with E-state index in [4.69, 9.17) is 16.3 Å². The van der Waals surface area contributed by atoms with Gasteiger partial charge in [0, 0.05) is 23.8 Å². The topological polar surface area (TPSA) is 34.2 Å². The summed E-state index contributed by atoms with van der Waals surface area (Å²) in [5.74, 6) is 1.20. The fourth-order valence-electron chi connectivity index (χ4n) is 1.64. The summed E-state index contributed by atoms with van der Waals surface area (Å²) >= 11 is 6.11. The van der Waals surface area contributed by atoms with Gasteiger partial charge in [-0.15, -0.1) is 0 Å². The van der Waals surface area contributed by atoms with Crippen molar-refractivity contribution in [1.82, 2.24) is 10.3 Å². The van der Waals surface area contributed by atoms with Crippen LogP contribution in [-0.2, 0) is 6.54 Å². The monoisotopic (exact) mass is 290 g/mol. The molecule has 0 unspecified atom stereocenters. The van der Waals surface area contributed by atoms with Crippen molar-refractivity contribution < 1.29 is 4.74 Å². The highest BCUT2D eigenvalue weighted by Gasteiger charge is 2.12. The second-order valence-corrected chi connectivity index (χ2v) is 6.01. The van der Waals surface area contributed by atoms with Crippen molar-refractivity contribution in [3.63, 3.8) is 0 Å². The Morgan fingerprint density at radius 1 is 1.15 bits per heavy atom. The molecule has 0 fully saturated rings. The summed E-state index contributed by atoms with van der Waals surface area (Å²) in [7, 11) is 0. The number of para-hydroxylation sites is 1. The molecular formula is C16H19ClN2O. The van der Waals surface area contributed by atoms with Crippen LogP contribution < -0.4 is 10.1 Å². The maximum absolute atomic E-state index is 6.11. The maximum atomic E-state index is 6.11. The molecule has 1 N–H and O–H groups in total. The average Bonchev–Trinajstić information content (AvgIpc) is 2.39. The van der Waals surface area contributed by atoms with Crippen molar-refractivity contribution in [3.8, 4) is 11.6 Å². The van der Waals surface area contributed by atoms with Crippen molar-refractivity contribution in [3.05, 3.63) is 53.2 Å². The zero-order valence-electron chi connectivity index (χ0n) is 12.0. The van der Waals surface area contributed by atoms with E-state index in [0.29, 0.717) is 23.2 Å². The minimum absolute atomic E-state index is 0.0392. The number of hydrogen-bond donors (Lipinski definition) is 1. The normalized spacial score (nSPS) is 11.4. The van der Waals surface area contributed by atoms with Gasteiger partial charge in [0.25, 0.3) is 0 Å². The third-order valence-corrected chi connectivity index (χ3v) is 3.01. The van der Waals surface area contributed by atoms with Gasteiger partial charge in [0.15, 0.2) is 0 Å². The molecule has 0 saturated carbocycles. The predicted molar refractivity (Wildman–Crippen MR) is 82.4 cm³/mol. The number of nitrogens with one attached hydrogen (secondary N) is 1. The van der Waals surface area contributed by atoms with Crippen LogP contribution >= 0.6 is 11.6 Å². The Morgan fingerprint density at radius 3 is 2.60 bits per heavy atom. The Balaban J connectivity index is 2.18. The Bertz CT molecular complexity index is 579. The van der Waals surface area contributed by atoms with Gasteiger partial charge in [-0.1, -0.05) is 29.8 Å². The van der Waals surface area contributed by atoms with E-state index in [-0.39, 0.29) is 5.54 Å². The molecule has 0 amide bonds. The number of rotatable bonds is 4. The van der Waals surface area contributed by atoms with E-state index in [9.17, 15) is 0 Å². The number of hydrogen-bond acceptors (Lipinski definition) is 3. The first-order chi connectivity index (χ1) is 9.46. The first kappa shape index (κ1) is 14.8. The highest BCUT2D eigenvalue weighted by Crippen LogP contribution is 2.29. The molecule has 0 spiro atoms. The maximum Gasteiger partial charge on any atom is 0.223 e. The number of ether oxygens (including phenoxy) is 1. The molecule has 1 aromatic carbocycles. The first-order valence-electron chi connectivity index (χ1n) is 6.57. The van der Waals surface area contributed by atoms with E-state index in [1.165, 1.54) is 0 Å². The van der Waals surface area contributed by atoms with Gasteiger partial charge >= 0.3 is 0 Å². The van der Waals surface area contributed by atoms with Crippen LogP contribution in [0.5, 0.6) is 11.6 Å². The van der Waals surface area contributed by atoms with Crippen molar-refractivity contribution in [2.24, 2.45) is 0 Å². The molecule has 3 nitrogen and oxygen atoms in total. The van der Waals surface area contributed by atoms with E-state index >= 15 is 0 Å². The van der Waals surface area contributed by atoms with Gasteiger partial charge in [0.2, 0.25) is 5.88 Å². The zero-order chi connectivity index (χ0) is 14.6. The third-order valence-electron chi connectivity index (χ3n) is 2.70. The number of benzene rings is 1. The van der Waals surface area contributed by atoms with E-state index in [1.807, 2.05) is 30.3 Å². The second kappa shape index (κ2) is 6.25. The second-order valence-electron chi connectivity index (χ2n) is 5.60. The summed E-state index contributed by atoms with van der Waals surface area (Å²) < 4.78 is 5.82. The lowest BCUT2D eigenvalue weighted by Crippen LogP contribution is -2.35.